The molecule has 0 saturated heterocycles. The highest BCUT2D eigenvalue weighted by Crippen LogP contribution is 2.40. The summed E-state index contributed by atoms with van der Waals surface area (Å²) in [7, 11) is 0. The number of unbranched alkanes of at least 4 members (excludes halogenated alkanes) is 7. The number of furan rings is 1. The lowest BCUT2D eigenvalue weighted by Gasteiger charge is -2.11. The number of nitrogens with zero attached hydrogens (tertiary/aromatic N) is 1. The van der Waals surface area contributed by atoms with Gasteiger partial charge < -0.3 is 9.52 Å². The van der Waals surface area contributed by atoms with Gasteiger partial charge >= 0.3 is 5.88 Å². The topological polar surface area (TPSA) is 76.5 Å². The molecule has 0 bridgehead atoms. The minimum atomic E-state index is -0.577. The summed E-state index contributed by atoms with van der Waals surface area (Å²) >= 11 is 0. The van der Waals surface area contributed by atoms with Crippen LogP contribution in [0.1, 0.15) is 76.4 Å². The Bertz CT molecular complexity index is 948. The van der Waals surface area contributed by atoms with Crippen molar-refractivity contribution in [2.75, 3.05) is 0 Å². The van der Waals surface area contributed by atoms with Crippen LogP contribution in [-0.2, 0) is 0 Å². The Hall–Kier alpha value is -2.66. The van der Waals surface area contributed by atoms with Crippen LogP contribution in [0.3, 0.4) is 0 Å². The SMILES string of the molecule is CCCCCCCCCCC(O)c1ccc2oc([N+](=O)[O-])c(-c3ccccc3)c2c1. The Kier molecular flexibility index (Phi) is 8.03. The molecule has 0 radical (unpaired) electrons. The third-order valence-electron chi connectivity index (χ3n) is 5.64. The van der Waals surface area contributed by atoms with Crippen molar-refractivity contribution in [3.05, 3.63) is 64.2 Å². The second-order valence-corrected chi connectivity index (χ2v) is 7.94. The molecule has 0 aliphatic heterocycles. The summed E-state index contributed by atoms with van der Waals surface area (Å²) in [6, 6.07) is 14.6. The molecule has 30 heavy (non-hydrogen) atoms. The Morgan fingerprint density at radius 2 is 1.63 bits per heavy atom. The number of aliphatic hydroxyl groups is 1. The maximum atomic E-state index is 11.5. The van der Waals surface area contributed by atoms with Gasteiger partial charge in [0.05, 0.1) is 6.10 Å². The van der Waals surface area contributed by atoms with E-state index >= 15 is 0 Å². The van der Waals surface area contributed by atoms with Crippen LogP contribution in [0.2, 0.25) is 0 Å². The highest BCUT2D eigenvalue weighted by Gasteiger charge is 2.25. The molecule has 0 aliphatic carbocycles. The molecular formula is C25H31NO4. The minimum Gasteiger partial charge on any atom is -0.400 e. The fourth-order valence-electron chi connectivity index (χ4n) is 3.96. The van der Waals surface area contributed by atoms with Crippen molar-refractivity contribution in [3.63, 3.8) is 0 Å². The van der Waals surface area contributed by atoms with Gasteiger partial charge in [0.15, 0.2) is 0 Å². The standard InChI is InChI=1S/C25H31NO4/c1-2-3-4-5-6-7-8-12-15-22(27)20-16-17-23-21(18-20)24(25(30-23)26(28)29)19-13-10-9-11-14-19/h9-11,13-14,16-18,22,27H,2-8,12,15H2,1H3. The predicted molar refractivity (Wildman–Crippen MR) is 120 cm³/mol. The van der Waals surface area contributed by atoms with Gasteiger partial charge in [0.2, 0.25) is 0 Å². The molecule has 1 atom stereocenters. The van der Waals surface area contributed by atoms with Crippen molar-refractivity contribution in [3.8, 4) is 11.1 Å². The first-order valence-electron chi connectivity index (χ1n) is 11.1. The zero-order valence-corrected chi connectivity index (χ0v) is 17.7. The third kappa shape index (κ3) is 5.48. The zero-order chi connectivity index (χ0) is 21.3. The number of fused-ring (bicyclic) bond motifs is 1. The van der Waals surface area contributed by atoms with E-state index in [1.54, 1.807) is 12.1 Å². The normalized spacial score (nSPS) is 12.3. The van der Waals surface area contributed by atoms with Crippen LogP contribution in [0.15, 0.2) is 52.9 Å². The average molecular weight is 410 g/mol. The number of aliphatic hydroxyl groups excluding tert-OH is 1. The number of hydrogen-bond acceptors (Lipinski definition) is 4. The van der Waals surface area contributed by atoms with Crippen molar-refractivity contribution in [2.24, 2.45) is 0 Å². The van der Waals surface area contributed by atoms with Crippen LogP contribution < -0.4 is 0 Å². The highest BCUT2D eigenvalue weighted by atomic mass is 16.6. The summed E-state index contributed by atoms with van der Waals surface area (Å²) < 4.78 is 5.52. The van der Waals surface area contributed by atoms with Crippen molar-refractivity contribution >= 4 is 16.9 Å². The Morgan fingerprint density at radius 3 is 2.30 bits per heavy atom. The molecule has 160 valence electrons. The maximum absolute atomic E-state index is 11.5. The van der Waals surface area contributed by atoms with Gasteiger partial charge in [-0.05, 0) is 29.7 Å². The van der Waals surface area contributed by atoms with E-state index in [2.05, 4.69) is 6.92 Å². The fourth-order valence-corrected chi connectivity index (χ4v) is 3.96. The average Bonchev–Trinajstić information content (AvgIpc) is 3.15. The van der Waals surface area contributed by atoms with Gasteiger partial charge in [-0.3, -0.25) is 10.1 Å². The van der Waals surface area contributed by atoms with E-state index < -0.39 is 11.0 Å². The largest absolute Gasteiger partial charge is 0.442 e. The van der Waals surface area contributed by atoms with Crippen molar-refractivity contribution in [1.82, 2.24) is 0 Å². The van der Waals surface area contributed by atoms with E-state index in [9.17, 15) is 15.2 Å². The van der Waals surface area contributed by atoms with Gasteiger partial charge in [0.25, 0.3) is 0 Å². The van der Waals surface area contributed by atoms with Crippen LogP contribution in [-0.4, -0.2) is 10.0 Å². The first-order chi connectivity index (χ1) is 14.6. The molecule has 1 N–H and O–H groups in total. The second kappa shape index (κ2) is 10.9. The zero-order valence-electron chi connectivity index (χ0n) is 17.7. The van der Waals surface area contributed by atoms with E-state index in [0.29, 0.717) is 23.0 Å². The number of nitro groups is 1. The molecule has 3 rings (SSSR count). The predicted octanol–water partition coefficient (Wildman–Crippen LogP) is 7.57. The monoisotopic (exact) mass is 409 g/mol. The van der Waals surface area contributed by atoms with Crippen LogP contribution in [0.25, 0.3) is 22.1 Å². The van der Waals surface area contributed by atoms with Gasteiger partial charge in [-0.25, -0.2) is 0 Å². The molecular weight excluding hydrogens is 378 g/mol. The summed E-state index contributed by atoms with van der Waals surface area (Å²) in [4.78, 5) is 11.0. The lowest BCUT2D eigenvalue weighted by Crippen LogP contribution is -1.97. The van der Waals surface area contributed by atoms with Crippen molar-refractivity contribution in [1.29, 1.82) is 0 Å². The van der Waals surface area contributed by atoms with Gasteiger partial charge in [0.1, 0.15) is 16.1 Å². The molecule has 0 spiro atoms. The van der Waals surface area contributed by atoms with E-state index in [4.69, 9.17) is 4.42 Å². The molecule has 1 aromatic heterocycles. The van der Waals surface area contributed by atoms with Gasteiger partial charge in [-0.2, -0.15) is 0 Å². The van der Waals surface area contributed by atoms with Gasteiger partial charge in [-0.15, -0.1) is 0 Å². The summed E-state index contributed by atoms with van der Waals surface area (Å²) in [5, 5.41) is 22.9. The van der Waals surface area contributed by atoms with Crippen molar-refractivity contribution in [2.45, 2.75) is 70.8 Å². The van der Waals surface area contributed by atoms with Gasteiger partial charge in [0, 0.05) is 5.39 Å². The first kappa shape index (κ1) is 22.0. The van der Waals surface area contributed by atoms with Crippen LogP contribution in [0.4, 0.5) is 5.88 Å². The molecule has 5 heteroatoms. The molecule has 0 fully saturated rings. The molecule has 1 unspecified atom stereocenters. The number of rotatable bonds is 12. The minimum absolute atomic E-state index is 0.258. The van der Waals surface area contributed by atoms with Crippen LogP contribution in [0, 0.1) is 10.1 Å². The Morgan fingerprint density at radius 1 is 0.967 bits per heavy atom. The molecule has 0 amide bonds. The van der Waals surface area contributed by atoms with E-state index in [1.165, 1.54) is 38.5 Å². The second-order valence-electron chi connectivity index (χ2n) is 7.94. The van der Waals surface area contributed by atoms with E-state index in [1.807, 2.05) is 36.4 Å². The summed E-state index contributed by atoms with van der Waals surface area (Å²) in [5.41, 5.74) is 2.44. The molecule has 3 aromatic rings. The number of hydrogen-bond donors (Lipinski definition) is 1. The third-order valence-corrected chi connectivity index (χ3v) is 5.64. The highest BCUT2D eigenvalue weighted by molar-refractivity contribution is 5.99. The molecule has 2 aromatic carbocycles. The summed E-state index contributed by atoms with van der Waals surface area (Å²) in [6.45, 7) is 2.23. The van der Waals surface area contributed by atoms with Gasteiger partial charge in [-0.1, -0.05) is 94.7 Å². The van der Waals surface area contributed by atoms with E-state index in [-0.39, 0.29) is 5.88 Å². The molecule has 0 saturated carbocycles. The van der Waals surface area contributed by atoms with Crippen molar-refractivity contribution < 1.29 is 14.4 Å². The van der Waals surface area contributed by atoms with Crippen LogP contribution in [0.5, 0.6) is 0 Å². The number of benzene rings is 2. The van der Waals surface area contributed by atoms with Crippen LogP contribution >= 0.6 is 0 Å². The smallest absolute Gasteiger partial charge is 0.400 e. The summed E-state index contributed by atoms with van der Waals surface area (Å²) in [5.74, 6) is -0.258. The molecule has 1 heterocycles. The molecule has 0 aliphatic rings. The Balaban J connectivity index is 1.69. The van der Waals surface area contributed by atoms with E-state index in [0.717, 1.165) is 24.0 Å². The maximum Gasteiger partial charge on any atom is 0.442 e. The Labute approximate surface area is 177 Å². The lowest BCUT2D eigenvalue weighted by atomic mass is 9.98. The molecule has 5 nitrogen and oxygen atoms in total. The fraction of sp³-hybridized carbons (Fsp3) is 0.440. The summed E-state index contributed by atoms with van der Waals surface area (Å²) in [6.07, 6.45) is 9.90. The first-order valence-corrected chi connectivity index (χ1v) is 11.1. The lowest BCUT2D eigenvalue weighted by molar-refractivity contribution is -0.400. The quantitative estimate of drug-likeness (QED) is 0.190.